The van der Waals surface area contributed by atoms with Crippen LogP contribution in [0, 0.1) is 11.6 Å². The highest BCUT2D eigenvalue weighted by atomic mass is 32.1. The van der Waals surface area contributed by atoms with Gasteiger partial charge in [-0.15, -0.1) is 22.7 Å². The molecule has 0 fully saturated rings. The summed E-state index contributed by atoms with van der Waals surface area (Å²) in [5, 5.41) is 8.71. The molecule has 2 amide bonds. The minimum absolute atomic E-state index is 0.237. The first-order chi connectivity index (χ1) is 14.5. The Hall–Kier alpha value is -3.50. The molecule has 0 aliphatic heterocycles. The number of hydrogen-bond acceptors (Lipinski definition) is 6. The topological polar surface area (TPSA) is 84.0 Å². The van der Waals surface area contributed by atoms with Gasteiger partial charge in [-0.3, -0.25) is 20.2 Å². The summed E-state index contributed by atoms with van der Waals surface area (Å²) in [5.74, 6) is -2.50. The predicted molar refractivity (Wildman–Crippen MR) is 112 cm³/mol. The fraction of sp³-hybridized carbons (Fsp3) is 0. The van der Waals surface area contributed by atoms with Crippen molar-refractivity contribution in [3.8, 4) is 22.5 Å². The van der Waals surface area contributed by atoms with E-state index >= 15 is 0 Å². The average molecular weight is 442 g/mol. The minimum atomic E-state index is -0.895. The van der Waals surface area contributed by atoms with Gasteiger partial charge in [0.15, 0.2) is 10.3 Å². The fourth-order valence-electron chi connectivity index (χ4n) is 2.48. The smallest absolute Gasteiger partial charge is 0.294 e. The summed E-state index contributed by atoms with van der Waals surface area (Å²) in [6.45, 7) is 0. The van der Waals surface area contributed by atoms with Crippen molar-refractivity contribution in [3.05, 3.63) is 70.9 Å². The summed E-state index contributed by atoms with van der Waals surface area (Å²) in [6, 6.07) is 11.5. The molecule has 0 aliphatic rings. The van der Waals surface area contributed by atoms with Crippen LogP contribution in [0.5, 0.6) is 0 Å². The Morgan fingerprint density at radius 1 is 0.667 bits per heavy atom. The van der Waals surface area contributed by atoms with Crippen LogP contribution in [0.1, 0.15) is 0 Å². The Labute approximate surface area is 177 Å². The number of hydrogen-bond donors (Lipinski definition) is 2. The molecule has 10 heteroatoms. The zero-order chi connectivity index (χ0) is 21.1. The van der Waals surface area contributed by atoms with E-state index in [-0.39, 0.29) is 21.9 Å². The number of carbonyl (C=O) groups excluding carboxylic acids is 2. The molecule has 0 radical (unpaired) electrons. The third-order valence-electron chi connectivity index (χ3n) is 3.94. The van der Waals surface area contributed by atoms with Crippen molar-refractivity contribution < 1.29 is 18.4 Å². The van der Waals surface area contributed by atoms with Crippen molar-refractivity contribution in [2.45, 2.75) is 0 Å². The molecule has 2 N–H and O–H groups in total. The molecule has 2 aromatic carbocycles. The normalized spacial score (nSPS) is 10.6. The van der Waals surface area contributed by atoms with Crippen molar-refractivity contribution in [1.29, 1.82) is 0 Å². The van der Waals surface area contributed by atoms with Gasteiger partial charge >= 0.3 is 11.8 Å². The predicted octanol–water partition coefficient (Wildman–Crippen LogP) is 4.79. The van der Waals surface area contributed by atoms with Gasteiger partial charge in [0.25, 0.3) is 0 Å². The molecule has 0 saturated heterocycles. The molecule has 150 valence electrons. The molecule has 4 aromatic rings. The highest BCUT2D eigenvalue weighted by molar-refractivity contribution is 7.14. The monoisotopic (exact) mass is 442 g/mol. The van der Waals surface area contributed by atoms with E-state index in [2.05, 4.69) is 20.6 Å². The van der Waals surface area contributed by atoms with Crippen LogP contribution in [0.2, 0.25) is 0 Å². The molecule has 0 aliphatic carbocycles. The Morgan fingerprint density at radius 2 is 1.03 bits per heavy atom. The van der Waals surface area contributed by atoms with Gasteiger partial charge < -0.3 is 0 Å². The van der Waals surface area contributed by atoms with Crippen molar-refractivity contribution >= 4 is 44.8 Å². The Morgan fingerprint density at radius 3 is 1.40 bits per heavy atom. The number of nitrogens with zero attached hydrogens (tertiary/aromatic N) is 2. The second-order valence-corrected chi connectivity index (χ2v) is 7.71. The Kier molecular flexibility index (Phi) is 5.59. The van der Waals surface area contributed by atoms with Gasteiger partial charge in [0.2, 0.25) is 0 Å². The molecular weight excluding hydrogens is 430 g/mol. The largest absolute Gasteiger partial charge is 0.315 e. The molecular formula is C20H12F2N4O2S2. The van der Waals surface area contributed by atoms with E-state index < -0.39 is 11.8 Å². The SMILES string of the molecule is O=C(Nc1nc(-c2ccc(F)cc2)cs1)C(=O)Nc1nc(-c2ccc(F)cc2)cs1. The van der Waals surface area contributed by atoms with E-state index in [1.54, 1.807) is 35.0 Å². The zero-order valence-electron chi connectivity index (χ0n) is 15.1. The van der Waals surface area contributed by atoms with Crippen molar-refractivity contribution in [2.24, 2.45) is 0 Å². The number of anilines is 2. The third-order valence-corrected chi connectivity index (χ3v) is 5.45. The maximum atomic E-state index is 13.0. The van der Waals surface area contributed by atoms with Gasteiger partial charge in [-0.25, -0.2) is 18.7 Å². The molecule has 0 atom stereocenters. The Bertz CT molecular complexity index is 1110. The molecule has 2 heterocycles. The summed E-state index contributed by atoms with van der Waals surface area (Å²) < 4.78 is 26.0. The van der Waals surface area contributed by atoms with Gasteiger partial charge in [0, 0.05) is 21.9 Å². The molecule has 0 unspecified atom stereocenters. The number of amides is 2. The van der Waals surface area contributed by atoms with Crippen molar-refractivity contribution in [1.82, 2.24) is 9.97 Å². The number of benzene rings is 2. The van der Waals surface area contributed by atoms with E-state index in [9.17, 15) is 18.4 Å². The average Bonchev–Trinajstić information content (AvgIpc) is 3.39. The highest BCUT2D eigenvalue weighted by Crippen LogP contribution is 2.26. The lowest BCUT2D eigenvalue weighted by atomic mass is 10.2. The van der Waals surface area contributed by atoms with Crippen molar-refractivity contribution in [2.75, 3.05) is 10.6 Å². The van der Waals surface area contributed by atoms with Gasteiger partial charge in [0.1, 0.15) is 11.6 Å². The van der Waals surface area contributed by atoms with Crippen LogP contribution in [-0.2, 0) is 9.59 Å². The molecule has 6 nitrogen and oxygen atoms in total. The molecule has 0 bridgehead atoms. The summed E-state index contributed by atoms with van der Waals surface area (Å²) >= 11 is 2.29. The van der Waals surface area contributed by atoms with Crippen LogP contribution >= 0.6 is 22.7 Å². The molecule has 30 heavy (non-hydrogen) atoms. The number of thiazole rings is 2. The summed E-state index contributed by atoms with van der Waals surface area (Å²) in [4.78, 5) is 32.8. The Balaban J connectivity index is 1.38. The second kappa shape index (κ2) is 8.47. The van der Waals surface area contributed by atoms with E-state index in [4.69, 9.17) is 0 Å². The van der Waals surface area contributed by atoms with Gasteiger partial charge in [-0.1, -0.05) is 0 Å². The molecule has 2 aromatic heterocycles. The van der Waals surface area contributed by atoms with E-state index in [1.807, 2.05) is 0 Å². The number of nitrogens with one attached hydrogen (secondary N) is 2. The highest BCUT2D eigenvalue weighted by Gasteiger charge is 2.18. The first kappa shape index (κ1) is 19.8. The lowest BCUT2D eigenvalue weighted by Gasteiger charge is -2.01. The maximum Gasteiger partial charge on any atom is 0.315 e. The van der Waals surface area contributed by atoms with Crippen LogP contribution in [0.25, 0.3) is 22.5 Å². The van der Waals surface area contributed by atoms with Crippen LogP contribution < -0.4 is 10.6 Å². The summed E-state index contributed by atoms with van der Waals surface area (Å²) in [7, 11) is 0. The first-order valence-corrected chi connectivity index (χ1v) is 10.3. The van der Waals surface area contributed by atoms with Crippen LogP contribution in [-0.4, -0.2) is 21.8 Å². The fourth-order valence-corrected chi connectivity index (χ4v) is 3.91. The van der Waals surface area contributed by atoms with E-state index in [0.717, 1.165) is 22.7 Å². The quantitative estimate of drug-likeness (QED) is 0.445. The van der Waals surface area contributed by atoms with Gasteiger partial charge in [-0.05, 0) is 48.5 Å². The second-order valence-electron chi connectivity index (χ2n) is 6.00. The van der Waals surface area contributed by atoms with Crippen LogP contribution in [0.3, 0.4) is 0 Å². The van der Waals surface area contributed by atoms with Crippen molar-refractivity contribution in [3.63, 3.8) is 0 Å². The standard InChI is InChI=1S/C20H12F2N4O2S2/c21-13-5-1-11(2-6-13)15-9-29-19(23-15)25-17(27)18(28)26-20-24-16(10-30-20)12-3-7-14(22)8-4-12/h1-10H,(H,23,25,27)(H,24,26,28). The van der Waals surface area contributed by atoms with E-state index in [1.165, 1.54) is 24.3 Å². The maximum absolute atomic E-state index is 13.0. The van der Waals surface area contributed by atoms with Gasteiger partial charge in [-0.2, -0.15) is 0 Å². The van der Waals surface area contributed by atoms with Crippen LogP contribution in [0.15, 0.2) is 59.3 Å². The first-order valence-electron chi connectivity index (χ1n) is 8.53. The summed E-state index contributed by atoms with van der Waals surface area (Å²) in [6.07, 6.45) is 0. The number of halogens is 2. The van der Waals surface area contributed by atoms with E-state index in [0.29, 0.717) is 22.5 Å². The molecule has 0 spiro atoms. The zero-order valence-corrected chi connectivity index (χ0v) is 16.7. The third kappa shape index (κ3) is 4.56. The number of rotatable bonds is 4. The van der Waals surface area contributed by atoms with Gasteiger partial charge in [0.05, 0.1) is 11.4 Å². The summed E-state index contributed by atoms with van der Waals surface area (Å²) in [5.41, 5.74) is 2.49. The molecule has 4 rings (SSSR count). The minimum Gasteiger partial charge on any atom is -0.294 e. The molecule has 0 saturated carbocycles. The lowest BCUT2D eigenvalue weighted by molar-refractivity contribution is -0.132. The number of aromatic nitrogens is 2. The van der Waals surface area contributed by atoms with Crippen LogP contribution in [0.4, 0.5) is 19.0 Å². The number of carbonyl (C=O) groups is 2. The lowest BCUT2D eigenvalue weighted by Crippen LogP contribution is -2.28.